The molecule has 308 valence electrons. The molecular formula is C61H44N4. The number of aromatic nitrogens is 2. The van der Waals surface area contributed by atoms with Crippen LogP contribution in [0.1, 0.15) is 5.56 Å². The quantitative estimate of drug-likeness (QED) is 0.144. The van der Waals surface area contributed by atoms with Gasteiger partial charge in [-0.15, -0.1) is 0 Å². The molecule has 0 fully saturated rings. The zero-order chi connectivity index (χ0) is 43.3. The summed E-state index contributed by atoms with van der Waals surface area (Å²) < 4.78 is 4.74. The molecule has 4 nitrogen and oxygen atoms in total. The topological polar surface area (TPSA) is 16.3 Å². The highest BCUT2D eigenvalue weighted by Crippen LogP contribution is 2.42. The highest BCUT2D eigenvalue weighted by atomic mass is 15.1. The third-order valence-corrected chi connectivity index (χ3v) is 12.7. The molecule has 0 saturated heterocycles. The fourth-order valence-corrected chi connectivity index (χ4v) is 9.68. The Hall–Kier alpha value is -8.60. The third-order valence-electron chi connectivity index (χ3n) is 12.7. The highest BCUT2D eigenvalue weighted by Gasteiger charge is 2.20. The Morgan fingerprint density at radius 3 is 1.02 bits per heavy atom. The number of anilines is 6. The molecule has 4 heteroatoms. The SMILES string of the molecule is Cc1ccc(N(c2ccc(-c3ccc(N(c4ccccc4)c4ccc5c(c4)c4ccccc4n5-c4ccccc4)cc3)cc2)c2ccc3c(c2)c2ccccc2n3-c2ccccc2)cc1. The minimum Gasteiger partial charge on any atom is -0.310 e. The van der Waals surface area contributed by atoms with Crippen molar-refractivity contribution in [3.63, 3.8) is 0 Å². The molecule has 0 unspecified atom stereocenters. The number of aryl methyl sites for hydroxylation is 1. The molecule has 0 atom stereocenters. The van der Waals surface area contributed by atoms with Gasteiger partial charge in [0.15, 0.2) is 0 Å². The zero-order valence-electron chi connectivity index (χ0n) is 36.0. The van der Waals surface area contributed by atoms with Crippen LogP contribution in [-0.4, -0.2) is 9.13 Å². The molecule has 2 heterocycles. The second-order valence-corrected chi connectivity index (χ2v) is 16.7. The number of hydrogen-bond acceptors (Lipinski definition) is 2. The molecule has 2 aromatic heterocycles. The number of rotatable bonds is 9. The summed E-state index contributed by atoms with van der Waals surface area (Å²) in [6, 6.07) is 89.9. The van der Waals surface area contributed by atoms with Crippen molar-refractivity contribution < 1.29 is 0 Å². The van der Waals surface area contributed by atoms with Gasteiger partial charge in [0.2, 0.25) is 0 Å². The first-order chi connectivity index (χ1) is 32.2. The van der Waals surface area contributed by atoms with Crippen LogP contribution in [0, 0.1) is 6.92 Å². The molecular weight excluding hydrogens is 789 g/mol. The molecule has 0 bridgehead atoms. The first kappa shape index (κ1) is 38.1. The van der Waals surface area contributed by atoms with Gasteiger partial charge in [0.1, 0.15) is 0 Å². The average molecular weight is 833 g/mol. The van der Waals surface area contributed by atoms with Crippen LogP contribution in [0.5, 0.6) is 0 Å². The molecule has 0 N–H and O–H groups in total. The molecule has 0 aliphatic rings. The fraction of sp³-hybridized carbons (Fsp3) is 0.0164. The van der Waals surface area contributed by atoms with E-state index in [-0.39, 0.29) is 0 Å². The lowest BCUT2D eigenvalue weighted by Crippen LogP contribution is -2.10. The smallest absolute Gasteiger partial charge is 0.0542 e. The third kappa shape index (κ3) is 6.71. The summed E-state index contributed by atoms with van der Waals surface area (Å²) in [4.78, 5) is 4.72. The minimum atomic E-state index is 1.09. The van der Waals surface area contributed by atoms with Crippen LogP contribution in [-0.2, 0) is 0 Å². The van der Waals surface area contributed by atoms with Crippen LogP contribution in [0.2, 0.25) is 0 Å². The number of nitrogens with zero attached hydrogens (tertiary/aromatic N) is 4. The van der Waals surface area contributed by atoms with Crippen molar-refractivity contribution in [3.8, 4) is 22.5 Å². The first-order valence-corrected chi connectivity index (χ1v) is 22.3. The van der Waals surface area contributed by atoms with Gasteiger partial charge in [-0.2, -0.15) is 0 Å². The van der Waals surface area contributed by atoms with Gasteiger partial charge in [-0.25, -0.2) is 0 Å². The fourth-order valence-electron chi connectivity index (χ4n) is 9.68. The van der Waals surface area contributed by atoms with Gasteiger partial charge < -0.3 is 18.9 Å². The van der Waals surface area contributed by atoms with Gasteiger partial charge in [0.05, 0.1) is 22.1 Å². The Labute approximate surface area is 378 Å². The van der Waals surface area contributed by atoms with E-state index in [1.54, 1.807) is 0 Å². The number of para-hydroxylation sites is 5. The first-order valence-electron chi connectivity index (χ1n) is 22.3. The second kappa shape index (κ2) is 15.9. The Morgan fingerprint density at radius 1 is 0.262 bits per heavy atom. The number of hydrogen-bond donors (Lipinski definition) is 0. The lowest BCUT2D eigenvalue weighted by atomic mass is 10.0. The van der Waals surface area contributed by atoms with E-state index in [1.807, 2.05) is 0 Å². The molecule has 12 rings (SSSR count). The highest BCUT2D eigenvalue weighted by molar-refractivity contribution is 6.12. The summed E-state index contributed by atoms with van der Waals surface area (Å²) in [6.45, 7) is 2.14. The molecule has 0 aliphatic carbocycles. The Morgan fingerprint density at radius 2 is 0.585 bits per heavy atom. The van der Waals surface area contributed by atoms with Crippen molar-refractivity contribution in [1.82, 2.24) is 9.13 Å². The van der Waals surface area contributed by atoms with E-state index < -0.39 is 0 Å². The van der Waals surface area contributed by atoms with E-state index in [0.717, 1.165) is 56.6 Å². The molecule has 0 radical (unpaired) electrons. The van der Waals surface area contributed by atoms with Gasteiger partial charge in [-0.05, 0) is 139 Å². The zero-order valence-corrected chi connectivity index (χ0v) is 36.0. The Kier molecular flexibility index (Phi) is 9.35. The van der Waals surface area contributed by atoms with Crippen LogP contribution in [0.4, 0.5) is 34.1 Å². The van der Waals surface area contributed by atoms with Crippen LogP contribution < -0.4 is 9.80 Å². The van der Waals surface area contributed by atoms with Crippen molar-refractivity contribution in [2.24, 2.45) is 0 Å². The Bertz CT molecular complexity index is 3630. The van der Waals surface area contributed by atoms with E-state index in [9.17, 15) is 0 Å². The van der Waals surface area contributed by atoms with Crippen LogP contribution in [0.25, 0.3) is 66.1 Å². The molecule has 10 aromatic carbocycles. The summed E-state index contributed by atoms with van der Waals surface area (Å²) in [5.41, 5.74) is 17.3. The lowest BCUT2D eigenvalue weighted by molar-refractivity contribution is 1.18. The number of fused-ring (bicyclic) bond motifs is 6. The van der Waals surface area contributed by atoms with Gasteiger partial charge >= 0.3 is 0 Å². The summed E-state index contributed by atoms with van der Waals surface area (Å²) in [7, 11) is 0. The van der Waals surface area contributed by atoms with E-state index in [1.165, 1.54) is 49.2 Å². The van der Waals surface area contributed by atoms with Crippen molar-refractivity contribution in [2.45, 2.75) is 6.92 Å². The summed E-state index contributed by atoms with van der Waals surface area (Å²) in [5.74, 6) is 0. The normalized spacial score (nSPS) is 11.5. The largest absolute Gasteiger partial charge is 0.310 e. The predicted octanol–water partition coefficient (Wildman–Crippen LogP) is 16.8. The standard InChI is InChI=1S/C61H44N4/c1-43-25-31-49(32-26-43)63(53-38-40-61-57(42-53)55-22-12-14-24-59(55)65(61)48-19-9-4-10-20-48)51-35-29-45(30-36-51)44-27-33-50(34-28-44)62(46-15-5-2-6-16-46)52-37-39-60-56(41-52)54-21-11-13-23-58(54)64(60)47-17-7-3-8-18-47/h2-42H,1H3. The lowest BCUT2D eigenvalue weighted by Gasteiger charge is -2.26. The van der Waals surface area contributed by atoms with E-state index in [4.69, 9.17) is 0 Å². The molecule has 0 spiro atoms. The van der Waals surface area contributed by atoms with E-state index in [2.05, 4.69) is 275 Å². The molecule has 0 amide bonds. The van der Waals surface area contributed by atoms with Crippen LogP contribution in [0.15, 0.2) is 249 Å². The maximum atomic E-state index is 2.37. The number of benzene rings is 10. The summed E-state index contributed by atoms with van der Waals surface area (Å²) in [6.07, 6.45) is 0. The Balaban J connectivity index is 0.906. The average Bonchev–Trinajstić information content (AvgIpc) is 3.88. The van der Waals surface area contributed by atoms with Crippen molar-refractivity contribution >= 4 is 77.7 Å². The van der Waals surface area contributed by atoms with Gasteiger partial charge in [-0.3, -0.25) is 0 Å². The van der Waals surface area contributed by atoms with E-state index >= 15 is 0 Å². The van der Waals surface area contributed by atoms with E-state index in [0.29, 0.717) is 0 Å². The van der Waals surface area contributed by atoms with Crippen molar-refractivity contribution in [1.29, 1.82) is 0 Å². The maximum absolute atomic E-state index is 2.37. The predicted molar refractivity (Wildman–Crippen MR) is 275 cm³/mol. The second-order valence-electron chi connectivity index (χ2n) is 16.7. The monoisotopic (exact) mass is 832 g/mol. The van der Waals surface area contributed by atoms with Crippen molar-refractivity contribution in [2.75, 3.05) is 9.80 Å². The molecule has 0 aliphatic heterocycles. The van der Waals surface area contributed by atoms with Gasteiger partial charge in [-0.1, -0.05) is 133 Å². The maximum Gasteiger partial charge on any atom is 0.0542 e. The van der Waals surface area contributed by atoms with Gasteiger partial charge in [0, 0.05) is 67.0 Å². The minimum absolute atomic E-state index is 1.09. The molecule has 12 aromatic rings. The summed E-state index contributed by atoms with van der Waals surface area (Å²) >= 11 is 0. The molecule has 65 heavy (non-hydrogen) atoms. The van der Waals surface area contributed by atoms with Gasteiger partial charge in [0.25, 0.3) is 0 Å². The van der Waals surface area contributed by atoms with Crippen LogP contribution >= 0.6 is 0 Å². The molecule has 0 saturated carbocycles. The van der Waals surface area contributed by atoms with Crippen LogP contribution in [0.3, 0.4) is 0 Å². The summed E-state index contributed by atoms with van der Waals surface area (Å²) in [5, 5.41) is 4.91. The van der Waals surface area contributed by atoms with Crippen molar-refractivity contribution in [3.05, 3.63) is 254 Å².